The Morgan fingerprint density at radius 3 is 1.13 bits per heavy atom. The van der Waals surface area contributed by atoms with E-state index in [9.17, 15) is 19.8 Å². The summed E-state index contributed by atoms with van der Waals surface area (Å²) < 4.78 is 4.25. The first kappa shape index (κ1) is 43.3. The SMILES string of the molecule is CCn1c(C)c(N2C(C(=O)O)=C(C(=O)C3=C(C(=O)O)N(c4c(C)n(CC)c5ccccc45)C(c4ccccc4)C(c4ccccc4)=N3)N=C(c3ccccc3)C2c2ccccc2)c2ccccc21. The van der Waals surface area contributed by atoms with Gasteiger partial charge in [0.25, 0.3) is 0 Å². The number of carbonyl (C=O) groups is 3. The molecule has 0 saturated heterocycles. The number of anilines is 2. The number of benzene rings is 6. The van der Waals surface area contributed by atoms with Gasteiger partial charge in [-0.2, -0.15) is 0 Å². The zero-order chi connectivity index (χ0) is 47.2. The number of ketones is 1. The highest BCUT2D eigenvalue weighted by Crippen LogP contribution is 2.48. The lowest BCUT2D eigenvalue weighted by atomic mass is 9.89. The average molecular weight is 897 g/mol. The molecule has 10 rings (SSSR count). The van der Waals surface area contributed by atoms with Gasteiger partial charge in [-0.25, -0.2) is 19.6 Å². The quantitative estimate of drug-likeness (QED) is 0.125. The third-order valence-electron chi connectivity index (χ3n) is 13.1. The van der Waals surface area contributed by atoms with Crippen LogP contribution in [0.1, 0.15) is 59.6 Å². The van der Waals surface area contributed by atoms with Crippen LogP contribution in [0, 0.1) is 13.8 Å². The van der Waals surface area contributed by atoms with E-state index in [0.29, 0.717) is 47.0 Å². The molecule has 11 nitrogen and oxygen atoms in total. The van der Waals surface area contributed by atoms with Crippen molar-refractivity contribution in [3.8, 4) is 0 Å². The highest BCUT2D eigenvalue weighted by atomic mass is 16.4. The average Bonchev–Trinajstić information content (AvgIpc) is 3.83. The molecule has 2 unspecified atom stereocenters. The number of nitrogens with zero attached hydrogens (tertiary/aromatic N) is 6. The summed E-state index contributed by atoms with van der Waals surface area (Å²) in [4.78, 5) is 58.9. The maximum absolute atomic E-state index is 16.3. The van der Waals surface area contributed by atoms with Gasteiger partial charge in [0, 0.05) is 35.2 Å². The van der Waals surface area contributed by atoms with E-state index in [1.54, 1.807) is 9.80 Å². The fraction of sp³-hybridized carbons (Fsp3) is 0.140. The zero-order valence-electron chi connectivity index (χ0n) is 38.0. The number of Topliss-reactive ketones (excluding diaryl/α,β-unsaturated/α-hetero) is 1. The van der Waals surface area contributed by atoms with Gasteiger partial charge in [-0.05, 0) is 62.1 Å². The third-order valence-corrected chi connectivity index (χ3v) is 13.1. The number of para-hydroxylation sites is 2. The van der Waals surface area contributed by atoms with Crippen LogP contribution in [0.15, 0.2) is 203 Å². The Kier molecular flexibility index (Phi) is 11.3. The Labute approximate surface area is 393 Å². The maximum atomic E-state index is 16.3. The monoisotopic (exact) mass is 896 g/mol. The van der Waals surface area contributed by atoms with Gasteiger partial charge in [0.15, 0.2) is 11.4 Å². The number of hydrogen-bond donors (Lipinski definition) is 2. The minimum atomic E-state index is -1.42. The second-order valence-electron chi connectivity index (χ2n) is 16.8. The van der Waals surface area contributed by atoms with Gasteiger partial charge in [-0.1, -0.05) is 158 Å². The highest BCUT2D eigenvalue weighted by molar-refractivity contribution is 6.25. The molecule has 336 valence electrons. The van der Waals surface area contributed by atoms with Crippen molar-refractivity contribution in [3.05, 3.63) is 226 Å². The fourth-order valence-corrected chi connectivity index (χ4v) is 10.3. The van der Waals surface area contributed by atoms with Crippen molar-refractivity contribution in [1.82, 2.24) is 9.13 Å². The summed E-state index contributed by atoms with van der Waals surface area (Å²) in [7, 11) is 0. The Balaban J connectivity index is 1.34. The van der Waals surface area contributed by atoms with Crippen molar-refractivity contribution in [2.24, 2.45) is 9.98 Å². The molecule has 8 aromatic rings. The Morgan fingerprint density at radius 1 is 0.471 bits per heavy atom. The van der Waals surface area contributed by atoms with Gasteiger partial charge in [0.05, 0.1) is 33.8 Å². The molecule has 2 N–H and O–H groups in total. The van der Waals surface area contributed by atoms with Crippen LogP contribution in [0.5, 0.6) is 0 Å². The smallest absolute Gasteiger partial charge is 0.354 e. The molecule has 4 heterocycles. The van der Waals surface area contributed by atoms with Crippen LogP contribution in [0.25, 0.3) is 21.8 Å². The number of fused-ring (bicyclic) bond motifs is 2. The largest absolute Gasteiger partial charge is 0.477 e. The van der Waals surface area contributed by atoms with Gasteiger partial charge in [-0.15, -0.1) is 0 Å². The number of aromatic nitrogens is 2. The minimum absolute atomic E-state index is 0.402. The van der Waals surface area contributed by atoms with E-state index < -0.39 is 52.6 Å². The lowest BCUT2D eigenvalue weighted by molar-refractivity contribution is -0.133. The van der Waals surface area contributed by atoms with Crippen molar-refractivity contribution in [2.45, 2.75) is 52.9 Å². The van der Waals surface area contributed by atoms with E-state index >= 15 is 4.79 Å². The van der Waals surface area contributed by atoms with E-state index in [4.69, 9.17) is 9.98 Å². The fourth-order valence-electron chi connectivity index (χ4n) is 10.3. The predicted octanol–water partition coefficient (Wildman–Crippen LogP) is 11.2. The lowest BCUT2D eigenvalue weighted by Gasteiger charge is -2.40. The van der Waals surface area contributed by atoms with Crippen molar-refractivity contribution in [1.29, 1.82) is 0 Å². The molecule has 6 aromatic carbocycles. The number of rotatable bonds is 12. The van der Waals surface area contributed by atoms with Gasteiger partial charge < -0.3 is 29.1 Å². The molecule has 0 fully saturated rings. The number of aryl methyl sites for hydroxylation is 2. The molecule has 2 aromatic heterocycles. The van der Waals surface area contributed by atoms with Crippen LogP contribution < -0.4 is 9.80 Å². The van der Waals surface area contributed by atoms with E-state index in [0.717, 1.165) is 44.3 Å². The maximum Gasteiger partial charge on any atom is 0.354 e. The molecule has 0 spiro atoms. The molecule has 68 heavy (non-hydrogen) atoms. The molecule has 11 heteroatoms. The number of carbonyl (C=O) groups excluding carboxylic acids is 1. The minimum Gasteiger partial charge on any atom is -0.477 e. The Hall–Kier alpha value is -8.57. The second-order valence-corrected chi connectivity index (χ2v) is 16.8. The summed E-state index contributed by atoms with van der Waals surface area (Å²) in [6.07, 6.45) is 0. The molecule has 2 aliphatic heterocycles. The predicted molar refractivity (Wildman–Crippen MR) is 268 cm³/mol. The van der Waals surface area contributed by atoms with Crippen molar-refractivity contribution in [2.75, 3.05) is 9.80 Å². The van der Waals surface area contributed by atoms with Crippen LogP contribution in [-0.2, 0) is 27.5 Å². The second kappa shape index (κ2) is 17.7. The number of carboxylic acids is 2. The van der Waals surface area contributed by atoms with E-state index in [1.165, 1.54) is 0 Å². The molecule has 0 saturated carbocycles. The number of aliphatic imine (C=N–C) groups is 2. The van der Waals surface area contributed by atoms with Gasteiger partial charge in [-0.3, -0.25) is 4.79 Å². The summed E-state index contributed by atoms with van der Waals surface area (Å²) in [5.41, 5.74) is 6.36. The van der Waals surface area contributed by atoms with Crippen LogP contribution >= 0.6 is 0 Å². The summed E-state index contributed by atoms with van der Waals surface area (Å²) in [6, 6.07) is 51.8. The molecule has 0 amide bonds. The van der Waals surface area contributed by atoms with E-state index in [1.807, 2.05) is 198 Å². The molecule has 2 aliphatic rings. The number of carboxylic acid groups (broad SMARTS) is 2. The first-order valence-corrected chi connectivity index (χ1v) is 22.8. The summed E-state index contributed by atoms with van der Waals surface area (Å²) in [6.45, 7) is 9.16. The zero-order valence-corrected chi connectivity index (χ0v) is 38.0. The highest BCUT2D eigenvalue weighted by Gasteiger charge is 2.46. The van der Waals surface area contributed by atoms with Gasteiger partial charge >= 0.3 is 11.9 Å². The van der Waals surface area contributed by atoms with Crippen LogP contribution in [0.4, 0.5) is 11.4 Å². The molecule has 2 atom stereocenters. The van der Waals surface area contributed by atoms with Crippen LogP contribution in [-0.4, -0.2) is 48.5 Å². The standard InChI is InChI=1S/C57H48N6O5/c1-5-60-35(3)49(41-31-19-21-33-43(41)60)62-51(39-27-15-9-16-28-39)45(37-23-11-7-12-24-37)58-47(53(62)56(65)66)55(64)48-54(57(67)68)63(50-36(4)61(6-2)44-34-22-20-32-42(44)50)52(40-29-17-10-18-30-40)46(59-48)38-25-13-8-14-26-38/h7-34,51-52H,5-6H2,1-4H3,(H,65,66)(H,67,68). The Bertz CT molecular complexity index is 3190. The molecule has 0 aliphatic carbocycles. The first-order valence-electron chi connectivity index (χ1n) is 22.8. The number of aliphatic carboxylic acids is 2. The van der Waals surface area contributed by atoms with Crippen molar-refractivity contribution >= 4 is 62.3 Å². The molecule has 0 bridgehead atoms. The van der Waals surface area contributed by atoms with E-state index in [-0.39, 0.29) is 0 Å². The third kappa shape index (κ3) is 7.02. The number of hydrogen-bond acceptors (Lipinski definition) is 7. The van der Waals surface area contributed by atoms with Gasteiger partial charge in [0.2, 0.25) is 5.78 Å². The molecular weight excluding hydrogens is 849 g/mol. The summed E-state index contributed by atoms with van der Waals surface area (Å²) >= 11 is 0. The lowest BCUT2D eigenvalue weighted by Crippen LogP contribution is -2.44. The molecular formula is C57H48N6O5. The summed E-state index contributed by atoms with van der Waals surface area (Å²) in [5.74, 6) is -3.79. The first-order chi connectivity index (χ1) is 33.1. The Morgan fingerprint density at radius 2 is 0.794 bits per heavy atom. The van der Waals surface area contributed by atoms with Crippen LogP contribution in [0.3, 0.4) is 0 Å². The topological polar surface area (TPSA) is 133 Å². The normalized spacial score (nSPS) is 16.4. The molecule has 0 radical (unpaired) electrons. The summed E-state index contributed by atoms with van der Waals surface area (Å²) in [5, 5.41) is 25.0. The van der Waals surface area contributed by atoms with Gasteiger partial charge in [0.1, 0.15) is 23.5 Å². The van der Waals surface area contributed by atoms with Crippen LogP contribution in [0.2, 0.25) is 0 Å². The van der Waals surface area contributed by atoms with E-state index in [2.05, 4.69) is 9.13 Å². The van der Waals surface area contributed by atoms with Crippen molar-refractivity contribution in [3.63, 3.8) is 0 Å². The van der Waals surface area contributed by atoms with Crippen molar-refractivity contribution < 1.29 is 24.6 Å².